The molecule has 112 valence electrons. The van der Waals surface area contributed by atoms with Crippen molar-refractivity contribution in [2.24, 2.45) is 0 Å². The van der Waals surface area contributed by atoms with Gasteiger partial charge in [0.1, 0.15) is 22.9 Å². The van der Waals surface area contributed by atoms with Gasteiger partial charge in [-0.2, -0.15) is 0 Å². The zero-order valence-corrected chi connectivity index (χ0v) is 13.0. The van der Waals surface area contributed by atoms with Crippen LogP contribution in [0.25, 0.3) is 0 Å². The molecule has 0 saturated carbocycles. The summed E-state index contributed by atoms with van der Waals surface area (Å²) in [6.45, 7) is 7.16. The fourth-order valence-corrected chi connectivity index (χ4v) is 1.49. The number of hydrogen-bond donors (Lipinski definition) is 2. The molecule has 4 N–H and O–H groups in total. The fourth-order valence-electron chi connectivity index (χ4n) is 1.49. The second-order valence-electron chi connectivity index (χ2n) is 3.33. The average Bonchev–Trinajstić information content (AvgIpc) is 2.31. The molecule has 1 aromatic carbocycles. The van der Waals surface area contributed by atoms with E-state index >= 15 is 0 Å². The molecular formula is C12H22Cl2N2O3. The highest BCUT2D eigenvalue weighted by Crippen LogP contribution is 2.43. The van der Waals surface area contributed by atoms with Gasteiger partial charge in [0.2, 0.25) is 0 Å². The van der Waals surface area contributed by atoms with Crippen molar-refractivity contribution in [2.75, 3.05) is 31.3 Å². The number of nitrogen functional groups attached to an aromatic ring is 2. The van der Waals surface area contributed by atoms with Crippen molar-refractivity contribution in [3.63, 3.8) is 0 Å². The molecule has 0 radical (unpaired) electrons. The largest absolute Gasteiger partial charge is 0.491 e. The predicted octanol–water partition coefficient (Wildman–Crippen LogP) is 2.89. The Morgan fingerprint density at radius 2 is 1.16 bits per heavy atom. The minimum atomic E-state index is 0. The molecule has 0 aliphatic heterocycles. The lowest BCUT2D eigenvalue weighted by Gasteiger charge is -2.17. The molecule has 0 heterocycles. The van der Waals surface area contributed by atoms with E-state index in [9.17, 15) is 0 Å². The molecule has 0 aromatic heterocycles. The second kappa shape index (κ2) is 9.69. The first-order chi connectivity index (χ1) is 8.15. The number of rotatable bonds is 6. The van der Waals surface area contributed by atoms with E-state index in [0.717, 1.165) is 0 Å². The summed E-state index contributed by atoms with van der Waals surface area (Å²) in [5, 5.41) is 0. The van der Waals surface area contributed by atoms with Gasteiger partial charge in [-0.3, -0.25) is 0 Å². The molecule has 0 bridgehead atoms. The van der Waals surface area contributed by atoms with E-state index < -0.39 is 0 Å². The van der Waals surface area contributed by atoms with Crippen molar-refractivity contribution in [1.29, 1.82) is 0 Å². The van der Waals surface area contributed by atoms with Gasteiger partial charge in [-0.1, -0.05) is 0 Å². The van der Waals surface area contributed by atoms with E-state index in [-0.39, 0.29) is 24.8 Å². The van der Waals surface area contributed by atoms with Crippen LogP contribution < -0.4 is 25.7 Å². The van der Waals surface area contributed by atoms with E-state index in [4.69, 9.17) is 25.7 Å². The molecule has 0 unspecified atom stereocenters. The summed E-state index contributed by atoms with van der Waals surface area (Å²) in [6.07, 6.45) is 0. The van der Waals surface area contributed by atoms with Crippen LogP contribution in [-0.2, 0) is 0 Å². The van der Waals surface area contributed by atoms with Crippen LogP contribution in [0, 0.1) is 0 Å². The Balaban J connectivity index is 0. The predicted molar refractivity (Wildman–Crippen MR) is 83.3 cm³/mol. The number of halogens is 2. The van der Waals surface area contributed by atoms with Gasteiger partial charge in [0.05, 0.1) is 19.8 Å². The molecule has 0 saturated heterocycles. The molecule has 7 heteroatoms. The summed E-state index contributed by atoms with van der Waals surface area (Å²) in [4.78, 5) is 0. The van der Waals surface area contributed by atoms with Crippen molar-refractivity contribution >= 4 is 36.2 Å². The molecule has 0 amide bonds. The van der Waals surface area contributed by atoms with E-state index in [2.05, 4.69) is 0 Å². The molecule has 0 fully saturated rings. The highest BCUT2D eigenvalue weighted by atomic mass is 35.5. The van der Waals surface area contributed by atoms with Crippen LogP contribution in [0.2, 0.25) is 0 Å². The Morgan fingerprint density at radius 1 is 0.789 bits per heavy atom. The highest BCUT2D eigenvalue weighted by Gasteiger charge is 2.17. The Labute approximate surface area is 126 Å². The molecule has 0 spiro atoms. The maximum absolute atomic E-state index is 5.94. The van der Waals surface area contributed by atoms with Crippen LogP contribution in [0.15, 0.2) is 6.07 Å². The quantitative estimate of drug-likeness (QED) is 0.789. The lowest BCUT2D eigenvalue weighted by atomic mass is 10.2. The van der Waals surface area contributed by atoms with Gasteiger partial charge in [-0.15, -0.1) is 24.8 Å². The van der Waals surface area contributed by atoms with Crippen LogP contribution in [0.4, 0.5) is 11.4 Å². The Bertz CT molecular complexity index is 359. The Hall–Kier alpha value is -1.20. The van der Waals surface area contributed by atoms with Gasteiger partial charge in [0, 0.05) is 6.07 Å². The van der Waals surface area contributed by atoms with Crippen LogP contribution in [-0.4, -0.2) is 19.8 Å². The average molecular weight is 313 g/mol. The normalized spacial score (nSPS) is 9.00. The third-order valence-electron chi connectivity index (χ3n) is 2.17. The first-order valence-corrected chi connectivity index (χ1v) is 5.75. The Morgan fingerprint density at radius 3 is 1.47 bits per heavy atom. The third-order valence-corrected chi connectivity index (χ3v) is 2.17. The highest BCUT2D eigenvalue weighted by molar-refractivity contribution is 5.85. The molecule has 0 atom stereocenters. The van der Waals surface area contributed by atoms with Gasteiger partial charge in [0.15, 0.2) is 5.75 Å². The molecule has 19 heavy (non-hydrogen) atoms. The minimum Gasteiger partial charge on any atom is -0.491 e. The van der Waals surface area contributed by atoms with Gasteiger partial charge in [0.25, 0.3) is 0 Å². The lowest BCUT2D eigenvalue weighted by Crippen LogP contribution is -2.07. The SMILES string of the molecule is CCOc1cc(OCC)c(N)c(OCC)c1N.Cl.Cl. The zero-order valence-electron chi connectivity index (χ0n) is 11.4. The summed E-state index contributed by atoms with van der Waals surface area (Å²) in [6, 6.07) is 1.69. The Kier molecular flexibility index (Phi) is 10.3. The van der Waals surface area contributed by atoms with Gasteiger partial charge < -0.3 is 25.7 Å². The van der Waals surface area contributed by atoms with E-state index in [1.165, 1.54) is 0 Å². The van der Waals surface area contributed by atoms with E-state index in [0.29, 0.717) is 48.4 Å². The number of hydrogen-bond acceptors (Lipinski definition) is 5. The number of benzene rings is 1. The summed E-state index contributed by atoms with van der Waals surface area (Å²) in [5.41, 5.74) is 12.7. The van der Waals surface area contributed by atoms with Gasteiger partial charge in [-0.05, 0) is 20.8 Å². The van der Waals surface area contributed by atoms with E-state index in [1.54, 1.807) is 6.07 Å². The lowest BCUT2D eigenvalue weighted by molar-refractivity contribution is 0.312. The van der Waals surface area contributed by atoms with Gasteiger partial charge in [-0.25, -0.2) is 0 Å². The topological polar surface area (TPSA) is 79.7 Å². The molecule has 1 rings (SSSR count). The smallest absolute Gasteiger partial charge is 0.172 e. The fraction of sp³-hybridized carbons (Fsp3) is 0.500. The summed E-state index contributed by atoms with van der Waals surface area (Å²) in [7, 11) is 0. The third kappa shape index (κ3) is 4.76. The van der Waals surface area contributed by atoms with E-state index in [1.807, 2.05) is 20.8 Å². The number of ether oxygens (including phenoxy) is 3. The van der Waals surface area contributed by atoms with Crippen LogP contribution in [0.3, 0.4) is 0 Å². The molecule has 0 aliphatic carbocycles. The molecule has 5 nitrogen and oxygen atoms in total. The first-order valence-electron chi connectivity index (χ1n) is 5.75. The summed E-state index contributed by atoms with van der Waals surface area (Å²) < 4.78 is 16.3. The molecular weight excluding hydrogens is 291 g/mol. The maximum Gasteiger partial charge on any atom is 0.172 e. The number of nitrogens with two attached hydrogens (primary N) is 2. The molecule has 0 aliphatic rings. The summed E-state index contributed by atoms with van der Waals surface area (Å²) >= 11 is 0. The monoisotopic (exact) mass is 312 g/mol. The second-order valence-corrected chi connectivity index (χ2v) is 3.33. The maximum atomic E-state index is 5.94. The minimum absolute atomic E-state index is 0. The molecule has 1 aromatic rings. The van der Waals surface area contributed by atoms with Crippen LogP contribution in [0.5, 0.6) is 17.2 Å². The van der Waals surface area contributed by atoms with Crippen molar-refractivity contribution in [1.82, 2.24) is 0 Å². The first kappa shape index (κ1) is 20.1. The van der Waals surface area contributed by atoms with Gasteiger partial charge >= 0.3 is 0 Å². The van der Waals surface area contributed by atoms with Crippen molar-refractivity contribution < 1.29 is 14.2 Å². The summed E-state index contributed by atoms with van der Waals surface area (Å²) in [5.74, 6) is 1.50. The van der Waals surface area contributed by atoms with Crippen LogP contribution >= 0.6 is 24.8 Å². The zero-order chi connectivity index (χ0) is 12.8. The standard InChI is InChI=1S/C12H20N2O3.2ClH/c1-4-15-8-7-9(16-5-2)11(14)12(10(8)13)17-6-3;;/h7H,4-6,13-14H2,1-3H3;2*1H. The van der Waals surface area contributed by atoms with Crippen molar-refractivity contribution in [3.8, 4) is 17.2 Å². The van der Waals surface area contributed by atoms with Crippen molar-refractivity contribution in [2.45, 2.75) is 20.8 Å². The van der Waals surface area contributed by atoms with Crippen molar-refractivity contribution in [3.05, 3.63) is 6.07 Å². The number of anilines is 2. The van der Waals surface area contributed by atoms with Crippen LogP contribution in [0.1, 0.15) is 20.8 Å².